The highest BCUT2D eigenvalue weighted by molar-refractivity contribution is 6.32. The molecule has 0 aromatic heterocycles. The van der Waals surface area contributed by atoms with E-state index in [2.05, 4.69) is 0 Å². The van der Waals surface area contributed by atoms with Gasteiger partial charge < -0.3 is 9.84 Å². The molecule has 0 saturated carbocycles. The van der Waals surface area contributed by atoms with Crippen molar-refractivity contribution in [3.8, 4) is 22.6 Å². The molecule has 2 aromatic carbocycles. The fourth-order valence-corrected chi connectivity index (χ4v) is 1.90. The van der Waals surface area contributed by atoms with Gasteiger partial charge in [-0.05, 0) is 36.8 Å². The average molecular weight is 249 g/mol. The number of aryl methyl sites for hydroxylation is 1. The van der Waals surface area contributed by atoms with E-state index in [-0.39, 0.29) is 5.75 Å². The maximum absolute atomic E-state index is 9.85. The zero-order valence-corrected chi connectivity index (χ0v) is 10.5. The van der Waals surface area contributed by atoms with Gasteiger partial charge in [-0.2, -0.15) is 0 Å². The molecule has 0 radical (unpaired) electrons. The van der Waals surface area contributed by atoms with Crippen molar-refractivity contribution in [2.24, 2.45) is 0 Å². The summed E-state index contributed by atoms with van der Waals surface area (Å²) in [5.74, 6) is 0.852. The minimum atomic E-state index is 0.250. The van der Waals surface area contributed by atoms with E-state index in [1.165, 1.54) is 0 Å². The van der Waals surface area contributed by atoms with Crippen molar-refractivity contribution in [1.82, 2.24) is 0 Å². The van der Waals surface area contributed by atoms with Crippen LogP contribution in [-0.2, 0) is 0 Å². The van der Waals surface area contributed by atoms with Gasteiger partial charge in [-0.3, -0.25) is 0 Å². The van der Waals surface area contributed by atoms with E-state index in [9.17, 15) is 5.11 Å². The lowest BCUT2D eigenvalue weighted by atomic mass is 10.0. The largest absolute Gasteiger partial charge is 0.507 e. The Labute approximate surface area is 105 Å². The van der Waals surface area contributed by atoms with Crippen LogP contribution >= 0.6 is 11.6 Å². The molecule has 0 bridgehead atoms. The molecule has 0 heterocycles. The standard InChI is InChI=1S/C14H13ClO2/c1-9-3-6-13(16)11(7-9)10-4-5-12(15)14(8-10)17-2/h3-8,16H,1-2H3. The van der Waals surface area contributed by atoms with E-state index < -0.39 is 0 Å². The summed E-state index contributed by atoms with van der Waals surface area (Å²) in [5, 5.41) is 10.4. The summed E-state index contributed by atoms with van der Waals surface area (Å²) in [4.78, 5) is 0. The molecule has 0 saturated heterocycles. The number of hydrogen-bond acceptors (Lipinski definition) is 2. The van der Waals surface area contributed by atoms with E-state index in [1.807, 2.05) is 31.2 Å². The molecule has 0 aliphatic rings. The van der Waals surface area contributed by atoms with Crippen LogP contribution in [0.25, 0.3) is 11.1 Å². The van der Waals surface area contributed by atoms with Crippen molar-refractivity contribution in [2.75, 3.05) is 7.11 Å². The lowest BCUT2D eigenvalue weighted by Gasteiger charge is -2.09. The minimum Gasteiger partial charge on any atom is -0.507 e. The first-order valence-electron chi connectivity index (χ1n) is 5.25. The summed E-state index contributed by atoms with van der Waals surface area (Å²) < 4.78 is 5.16. The van der Waals surface area contributed by atoms with Crippen LogP contribution in [0, 0.1) is 6.92 Å². The Hall–Kier alpha value is -1.67. The molecular weight excluding hydrogens is 236 g/mol. The number of halogens is 1. The molecule has 0 spiro atoms. The molecule has 0 atom stereocenters. The Balaban J connectivity index is 2.56. The number of methoxy groups -OCH3 is 1. The molecule has 0 aliphatic carbocycles. The topological polar surface area (TPSA) is 29.5 Å². The Bertz CT molecular complexity index is 550. The van der Waals surface area contributed by atoms with Gasteiger partial charge in [0.15, 0.2) is 0 Å². The van der Waals surface area contributed by atoms with E-state index in [1.54, 1.807) is 19.2 Å². The zero-order valence-electron chi connectivity index (χ0n) is 9.70. The summed E-state index contributed by atoms with van der Waals surface area (Å²) in [5.41, 5.74) is 2.75. The van der Waals surface area contributed by atoms with E-state index in [0.717, 1.165) is 16.7 Å². The van der Waals surface area contributed by atoms with E-state index >= 15 is 0 Å². The molecule has 0 fully saturated rings. The third-order valence-electron chi connectivity index (χ3n) is 2.61. The number of benzene rings is 2. The fraction of sp³-hybridized carbons (Fsp3) is 0.143. The van der Waals surface area contributed by atoms with Crippen molar-refractivity contribution in [3.05, 3.63) is 47.0 Å². The number of ether oxygens (including phenoxy) is 1. The van der Waals surface area contributed by atoms with Gasteiger partial charge in [0.25, 0.3) is 0 Å². The summed E-state index contributed by atoms with van der Waals surface area (Å²) in [6, 6.07) is 10.9. The molecule has 88 valence electrons. The second kappa shape index (κ2) is 4.68. The number of phenolic OH excluding ortho intramolecular Hbond substituents is 1. The van der Waals surface area contributed by atoms with Crippen LogP contribution < -0.4 is 4.74 Å². The van der Waals surface area contributed by atoms with Gasteiger partial charge in [-0.15, -0.1) is 0 Å². The third-order valence-corrected chi connectivity index (χ3v) is 2.93. The van der Waals surface area contributed by atoms with Gasteiger partial charge in [-0.25, -0.2) is 0 Å². The first-order valence-corrected chi connectivity index (χ1v) is 5.63. The number of rotatable bonds is 2. The van der Waals surface area contributed by atoms with Crippen LogP contribution in [0.1, 0.15) is 5.56 Å². The predicted molar refractivity (Wildman–Crippen MR) is 69.8 cm³/mol. The van der Waals surface area contributed by atoms with Gasteiger partial charge in [0, 0.05) is 5.56 Å². The van der Waals surface area contributed by atoms with Crippen LogP contribution in [0.15, 0.2) is 36.4 Å². The Morgan fingerprint density at radius 2 is 1.88 bits per heavy atom. The highest BCUT2D eigenvalue weighted by Gasteiger charge is 2.07. The van der Waals surface area contributed by atoms with E-state index in [0.29, 0.717) is 10.8 Å². The number of phenols is 1. The lowest BCUT2D eigenvalue weighted by Crippen LogP contribution is -1.86. The molecule has 2 nitrogen and oxygen atoms in total. The summed E-state index contributed by atoms with van der Waals surface area (Å²) in [6.07, 6.45) is 0. The fourth-order valence-electron chi connectivity index (χ4n) is 1.71. The van der Waals surface area contributed by atoms with E-state index in [4.69, 9.17) is 16.3 Å². The first kappa shape index (κ1) is 11.8. The Morgan fingerprint density at radius 1 is 1.12 bits per heavy atom. The highest BCUT2D eigenvalue weighted by atomic mass is 35.5. The van der Waals surface area contributed by atoms with Crippen LogP contribution in [0.4, 0.5) is 0 Å². The molecular formula is C14H13ClO2. The van der Waals surface area contributed by atoms with Crippen LogP contribution in [-0.4, -0.2) is 12.2 Å². The van der Waals surface area contributed by atoms with Crippen molar-refractivity contribution in [3.63, 3.8) is 0 Å². The Kier molecular flexibility index (Phi) is 3.25. The normalized spacial score (nSPS) is 10.3. The SMILES string of the molecule is COc1cc(-c2cc(C)ccc2O)ccc1Cl. The Morgan fingerprint density at radius 3 is 2.59 bits per heavy atom. The summed E-state index contributed by atoms with van der Waals surface area (Å²) in [7, 11) is 1.57. The van der Waals surface area contributed by atoms with Crippen molar-refractivity contribution in [2.45, 2.75) is 6.92 Å². The van der Waals surface area contributed by atoms with Crippen molar-refractivity contribution < 1.29 is 9.84 Å². The molecule has 1 N–H and O–H groups in total. The second-order valence-electron chi connectivity index (χ2n) is 3.87. The van der Waals surface area contributed by atoms with Gasteiger partial charge in [-0.1, -0.05) is 29.3 Å². The maximum Gasteiger partial charge on any atom is 0.138 e. The predicted octanol–water partition coefficient (Wildman–Crippen LogP) is 4.03. The number of hydrogen-bond donors (Lipinski definition) is 1. The van der Waals surface area contributed by atoms with Crippen LogP contribution in [0.5, 0.6) is 11.5 Å². The van der Waals surface area contributed by atoms with Crippen molar-refractivity contribution >= 4 is 11.6 Å². The molecule has 0 amide bonds. The van der Waals surface area contributed by atoms with Crippen molar-refractivity contribution in [1.29, 1.82) is 0 Å². The van der Waals surface area contributed by atoms with Gasteiger partial charge in [0.2, 0.25) is 0 Å². The molecule has 3 heteroatoms. The van der Waals surface area contributed by atoms with Gasteiger partial charge >= 0.3 is 0 Å². The highest BCUT2D eigenvalue weighted by Crippen LogP contribution is 2.34. The zero-order chi connectivity index (χ0) is 12.4. The minimum absolute atomic E-state index is 0.250. The molecule has 0 unspecified atom stereocenters. The smallest absolute Gasteiger partial charge is 0.138 e. The summed E-state index contributed by atoms with van der Waals surface area (Å²) >= 11 is 5.97. The first-order chi connectivity index (χ1) is 8.11. The lowest BCUT2D eigenvalue weighted by molar-refractivity contribution is 0.415. The van der Waals surface area contributed by atoms with Crippen LogP contribution in [0.2, 0.25) is 5.02 Å². The molecule has 2 rings (SSSR count). The van der Waals surface area contributed by atoms with Gasteiger partial charge in [0.05, 0.1) is 12.1 Å². The second-order valence-corrected chi connectivity index (χ2v) is 4.28. The van der Waals surface area contributed by atoms with Gasteiger partial charge in [0.1, 0.15) is 11.5 Å². The molecule has 0 aliphatic heterocycles. The maximum atomic E-state index is 9.85. The van der Waals surface area contributed by atoms with Crippen LogP contribution in [0.3, 0.4) is 0 Å². The monoisotopic (exact) mass is 248 g/mol. The molecule has 2 aromatic rings. The molecule has 17 heavy (non-hydrogen) atoms. The number of aromatic hydroxyl groups is 1. The summed E-state index contributed by atoms with van der Waals surface area (Å²) in [6.45, 7) is 1.98. The third kappa shape index (κ3) is 2.37. The quantitative estimate of drug-likeness (QED) is 0.870. The average Bonchev–Trinajstić information content (AvgIpc) is 2.33.